The Balaban J connectivity index is 1.76. The molecule has 0 spiro atoms. The number of piperidine rings is 2. The molecular weight excluding hydrogens is 266 g/mol. The molecule has 5 nitrogen and oxygen atoms in total. The Labute approximate surface area is 125 Å². The van der Waals surface area contributed by atoms with Crippen LogP contribution in [0.5, 0.6) is 0 Å². The van der Waals surface area contributed by atoms with Crippen molar-refractivity contribution in [1.29, 1.82) is 0 Å². The maximum absolute atomic E-state index is 11.1. The first-order chi connectivity index (χ1) is 10.1. The van der Waals surface area contributed by atoms with Gasteiger partial charge in [-0.05, 0) is 57.8 Å². The second kappa shape index (κ2) is 5.64. The SMILES string of the molecule is Cc1nc(N2CCC3C(CCCN3C)C2)ccc1C(=O)O. The van der Waals surface area contributed by atoms with Crippen molar-refractivity contribution in [2.75, 3.05) is 31.6 Å². The van der Waals surface area contributed by atoms with Crippen LogP contribution in [0.25, 0.3) is 0 Å². The second-order valence-corrected chi connectivity index (χ2v) is 6.29. The summed E-state index contributed by atoms with van der Waals surface area (Å²) in [6, 6.07) is 4.23. The number of pyridine rings is 1. The summed E-state index contributed by atoms with van der Waals surface area (Å²) in [7, 11) is 2.23. The normalized spacial score (nSPS) is 26.5. The predicted molar refractivity (Wildman–Crippen MR) is 81.9 cm³/mol. The lowest BCUT2D eigenvalue weighted by molar-refractivity contribution is 0.0695. The summed E-state index contributed by atoms with van der Waals surface area (Å²) in [5.41, 5.74) is 0.897. The fourth-order valence-corrected chi connectivity index (χ4v) is 3.81. The van der Waals surface area contributed by atoms with Gasteiger partial charge >= 0.3 is 5.97 Å². The molecule has 2 unspecified atom stereocenters. The minimum atomic E-state index is -0.904. The molecule has 114 valence electrons. The maximum atomic E-state index is 11.1. The van der Waals surface area contributed by atoms with Crippen LogP contribution in [0.1, 0.15) is 35.3 Å². The van der Waals surface area contributed by atoms with Gasteiger partial charge in [0.15, 0.2) is 0 Å². The first-order valence-corrected chi connectivity index (χ1v) is 7.72. The summed E-state index contributed by atoms with van der Waals surface area (Å²) in [4.78, 5) is 20.4. The van der Waals surface area contributed by atoms with Crippen molar-refractivity contribution in [3.63, 3.8) is 0 Å². The van der Waals surface area contributed by atoms with Gasteiger partial charge in [0.05, 0.1) is 11.3 Å². The van der Waals surface area contributed by atoms with Crippen LogP contribution in [0.3, 0.4) is 0 Å². The zero-order valence-electron chi connectivity index (χ0n) is 12.7. The van der Waals surface area contributed by atoms with Crippen molar-refractivity contribution in [2.24, 2.45) is 5.92 Å². The molecule has 1 aromatic heterocycles. The van der Waals surface area contributed by atoms with Gasteiger partial charge in [-0.25, -0.2) is 9.78 Å². The highest BCUT2D eigenvalue weighted by Gasteiger charge is 2.34. The van der Waals surface area contributed by atoms with Gasteiger partial charge in [-0.1, -0.05) is 0 Å². The van der Waals surface area contributed by atoms with Gasteiger partial charge in [0.1, 0.15) is 5.82 Å². The molecule has 3 rings (SSSR count). The summed E-state index contributed by atoms with van der Waals surface area (Å²) < 4.78 is 0. The summed E-state index contributed by atoms with van der Waals surface area (Å²) in [6.07, 6.45) is 3.73. The van der Waals surface area contributed by atoms with Crippen molar-refractivity contribution >= 4 is 11.8 Å². The number of carboxylic acids is 1. The number of carboxylic acid groups (broad SMARTS) is 1. The fraction of sp³-hybridized carbons (Fsp3) is 0.625. The smallest absolute Gasteiger partial charge is 0.337 e. The number of aromatic carboxylic acids is 1. The number of rotatable bonds is 2. The molecule has 0 radical (unpaired) electrons. The van der Waals surface area contributed by atoms with Crippen LogP contribution in [0, 0.1) is 12.8 Å². The van der Waals surface area contributed by atoms with E-state index in [-0.39, 0.29) is 0 Å². The third kappa shape index (κ3) is 2.75. The van der Waals surface area contributed by atoms with Crippen LogP contribution in [-0.2, 0) is 0 Å². The highest BCUT2D eigenvalue weighted by atomic mass is 16.4. The van der Waals surface area contributed by atoms with E-state index in [4.69, 9.17) is 5.11 Å². The lowest BCUT2D eigenvalue weighted by atomic mass is 9.84. The lowest BCUT2D eigenvalue weighted by Crippen LogP contribution is -2.52. The molecule has 21 heavy (non-hydrogen) atoms. The number of carbonyl (C=O) groups is 1. The van der Waals surface area contributed by atoms with Gasteiger partial charge in [-0.15, -0.1) is 0 Å². The van der Waals surface area contributed by atoms with Crippen LogP contribution in [0.15, 0.2) is 12.1 Å². The van der Waals surface area contributed by atoms with Crippen molar-refractivity contribution in [3.05, 3.63) is 23.4 Å². The van der Waals surface area contributed by atoms with E-state index in [0.717, 1.165) is 18.9 Å². The first kappa shape index (κ1) is 14.3. The Morgan fingerprint density at radius 3 is 2.86 bits per heavy atom. The van der Waals surface area contributed by atoms with Crippen molar-refractivity contribution < 1.29 is 9.90 Å². The monoisotopic (exact) mass is 289 g/mol. The molecule has 5 heteroatoms. The van der Waals surface area contributed by atoms with E-state index < -0.39 is 5.97 Å². The number of likely N-dealkylation sites (tertiary alicyclic amines) is 1. The first-order valence-electron chi connectivity index (χ1n) is 7.72. The predicted octanol–water partition coefficient (Wildman–Crippen LogP) is 2.01. The Morgan fingerprint density at radius 1 is 1.33 bits per heavy atom. The Morgan fingerprint density at radius 2 is 2.14 bits per heavy atom. The van der Waals surface area contributed by atoms with E-state index in [1.54, 1.807) is 13.0 Å². The van der Waals surface area contributed by atoms with E-state index in [1.807, 2.05) is 6.07 Å². The third-order valence-corrected chi connectivity index (χ3v) is 4.97. The molecule has 0 aliphatic carbocycles. The molecule has 2 aliphatic heterocycles. The summed E-state index contributed by atoms with van der Waals surface area (Å²) in [5, 5.41) is 9.09. The standard InChI is InChI=1S/C16H23N3O2/c1-11-13(16(20)21)5-6-15(17-11)19-9-7-14-12(10-19)4-3-8-18(14)2/h5-6,12,14H,3-4,7-10H2,1-2H3,(H,20,21). The van der Waals surface area contributed by atoms with Crippen LogP contribution < -0.4 is 4.90 Å². The topological polar surface area (TPSA) is 56.7 Å². The minimum Gasteiger partial charge on any atom is -0.478 e. The molecule has 2 fully saturated rings. The molecule has 2 atom stereocenters. The number of aryl methyl sites for hydroxylation is 1. The minimum absolute atomic E-state index is 0.297. The maximum Gasteiger partial charge on any atom is 0.337 e. The van der Waals surface area contributed by atoms with Crippen LogP contribution >= 0.6 is 0 Å². The molecule has 2 saturated heterocycles. The Bertz CT molecular complexity index is 546. The van der Waals surface area contributed by atoms with Crippen molar-refractivity contribution in [3.8, 4) is 0 Å². The van der Waals surface area contributed by atoms with Gasteiger partial charge in [0.25, 0.3) is 0 Å². The van der Waals surface area contributed by atoms with Crippen molar-refractivity contribution in [2.45, 2.75) is 32.2 Å². The van der Waals surface area contributed by atoms with E-state index in [1.165, 1.54) is 25.8 Å². The number of hydrogen-bond donors (Lipinski definition) is 1. The fourth-order valence-electron chi connectivity index (χ4n) is 3.81. The highest BCUT2D eigenvalue weighted by molar-refractivity contribution is 5.89. The molecular formula is C16H23N3O2. The zero-order chi connectivity index (χ0) is 15.0. The lowest BCUT2D eigenvalue weighted by Gasteiger charge is -2.46. The van der Waals surface area contributed by atoms with E-state index in [9.17, 15) is 4.79 Å². The second-order valence-electron chi connectivity index (χ2n) is 6.29. The molecule has 0 bridgehead atoms. The van der Waals surface area contributed by atoms with E-state index in [2.05, 4.69) is 21.8 Å². The molecule has 1 N–H and O–H groups in total. The molecule has 0 amide bonds. The molecule has 3 heterocycles. The summed E-state index contributed by atoms with van der Waals surface area (Å²) in [6.45, 7) is 5.03. The van der Waals surface area contributed by atoms with Gasteiger partial charge < -0.3 is 14.9 Å². The Kier molecular flexibility index (Phi) is 3.85. The molecule has 1 aromatic rings. The number of anilines is 1. The van der Waals surface area contributed by atoms with E-state index in [0.29, 0.717) is 23.2 Å². The third-order valence-electron chi connectivity index (χ3n) is 4.97. The number of fused-ring (bicyclic) bond motifs is 1. The molecule has 2 aliphatic rings. The van der Waals surface area contributed by atoms with Gasteiger partial charge in [-0.3, -0.25) is 0 Å². The average Bonchev–Trinajstić information content (AvgIpc) is 2.46. The number of nitrogens with zero attached hydrogens (tertiary/aromatic N) is 3. The number of aromatic nitrogens is 1. The zero-order valence-corrected chi connectivity index (χ0v) is 12.7. The Hall–Kier alpha value is -1.62. The van der Waals surface area contributed by atoms with Crippen LogP contribution in [0.4, 0.5) is 5.82 Å². The number of hydrogen-bond acceptors (Lipinski definition) is 4. The largest absolute Gasteiger partial charge is 0.478 e. The summed E-state index contributed by atoms with van der Waals surface area (Å²) >= 11 is 0. The van der Waals surface area contributed by atoms with E-state index >= 15 is 0 Å². The van der Waals surface area contributed by atoms with Gasteiger partial charge in [0.2, 0.25) is 0 Å². The van der Waals surface area contributed by atoms with Gasteiger partial charge in [0, 0.05) is 19.1 Å². The molecule has 0 aromatic carbocycles. The summed E-state index contributed by atoms with van der Waals surface area (Å²) in [5.74, 6) is 0.724. The van der Waals surface area contributed by atoms with Gasteiger partial charge in [-0.2, -0.15) is 0 Å². The highest BCUT2D eigenvalue weighted by Crippen LogP contribution is 2.31. The van der Waals surface area contributed by atoms with Crippen molar-refractivity contribution in [1.82, 2.24) is 9.88 Å². The quantitative estimate of drug-likeness (QED) is 0.902. The molecule has 0 saturated carbocycles. The van der Waals surface area contributed by atoms with Crippen LogP contribution in [-0.4, -0.2) is 53.7 Å². The van der Waals surface area contributed by atoms with Crippen LogP contribution in [0.2, 0.25) is 0 Å². The average molecular weight is 289 g/mol.